The standard InChI is InChI=1S/C3H7NO4S/c4-3(8-5)1-2-9(6)7/h1,5H,2,4H2,(H,6,7)/b3-1+. The van der Waals surface area contributed by atoms with Crippen molar-refractivity contribution >= 4 is 11.1 Å². The van der Waals surface area contributed by atoms with E-state index in [9.17, 15) is 4.21 Å². The van der Waals surface area contributed by atoms with E-state index >= 15 is 0 Å². The molecule has 5 nitrogen and oxygen atoms in total. The molecular formula is C3H7NO4S. The minimum absolute atomic E-state index is 0.146. The maximum atomic E-state index is 9.89. The second-order valence-electron chi connectivity index (χ2n) is 1.19. The molecule has 4 N–H and O–H groups in total. The molecule has 0 heterocycles. The summed E-state index contributed by atoms with van der Waals surface area (Å²) in [5.41, 5.74) is 4.86. The Kier molecular flexibility index (Phi) is 4.02. The summed E-state index contributed by atoms with van der Waals surface area (Å²) < 4.78 is 18.0. The Morgan fingerprint density at radius 2 is 2.44 bits per heavy atom. The molecule has 9 heavy (non-hydrogen) atoms. The van der Waals surface area contributed by atoms with Gasteiger partial charge in [0.25, 0.3) is 0 Å². The van der Waals surface area contributed by atoms with Crippen LogP contribution in [0.15, 0.2) is 12.0 Å². The SMILES string of the molecule is N/C(=C\CS(=O)O)OO. The second kappa shape index (κ2) is 4.30. The fourth-order valence-electron chi connectivity index (χ4n) is 0.191. The lowest BCUT2D eigenvalue weighted by atomic mass is 10.7. The summed E-state index contributed by atoms with van der Waals surface area (Å²) in [6.45, 7) is 0. The van der Waals surface area contributed by atoms with Crippen LogP contribution in [0.1, 0.15) is 0 Å². The van der Waals surface area contributed by atoms with Crippen LogP contribution in [0.25, 0.3) is 0 Å². The van der Waals surface area contributed by atoms with E-state index < -0.39 is 11.1 Å². The van der Waals surface area contributed by atoms with Gasteiger partial charge in [-0.2, -0.15) is 0 Å². The van der Waals surface area contributed by atoms with Crippen molar-refractivity contribution in [2.75, 3.05) is 5.75 Å². The van der Waals surface area contributed by atoms with Crippen molar-refractivity contribution < 1.29 is 18.9 Å². The summed E-state index contributed by atoms with van der Waals surface area (Å²) in [6.07, 6.45) is 1.09. The summed E-state index contributed by atoms with van der Waals surface area (Å²) >= 11 is -1.94. The van der Waals surface area contributed by atoms with E-state index in [4.69, 9.17) is 15.5 Å². The van der Waals surface area contributed by atoms with Gasteiger partial charge >= 0.3 is 0 Å². The normalized spacial score (nSPS) is 15.1. The van der Waals surface area contributed by atoms with Gasteiger partial charge in [0.1, 0.15) is 0 Å². The molecule has 0 rings (SSSR count). The van der Waals surface area contributed by atoms with Gasteiger partial charge in [-0.3, -0.25) is 0 Å². The summed E-state index contributed by atoms with van der Waals surface area (Å²) in [5.74, 6) is -0.427. The third-order valence-electron chi connectivity index (χ3n) is 0.533. The van der Waals surface area contributed by atoms with Crippen LogP contribution in [0.5, 0.6) is 0 Å². The minimum atomic E-state index is -1.94. The first-order valence-corrected chi connectivity index (χ1v) is 3.29. The zero-order chi connectivity index (χ0) is 7.28. The molecule has 54 valence electrons. The fourth-order valence-corrected chi connectivity index (χ4v) is 0.498. The molecule has 0 bridgehead atoms. The summed E-state index contributed by atoms with van der Waals surface area (Å²) in [5, 5.41) is 7.77. The number of rotatable bonds is 3. The van der Waals surface area contributed by atoms with Gasteiger partial charge in [-0.05, 0) is 6.08 Å². The van der Waals surface area contributed by atoms with Crippen LogP contribution in [0.3, 0.4) is 0 Å². The monoisotopic (exact) mass is 153 g/mol. The van der Waals surface area contributed by atoms with Gasteiger partial charge in [-0.1, -0.05) is 0 Å². The van der Waals surface area contributed by atoms with Gasteiger partial charge in [-0.15, -0.1) is 0 Å². The van der Waals surface area contributed by atoms with Crippen LogP contribution < -0.4 is 5.73 Å². The van der Waals surface area contributed by atoms with Gasteiger partial charge in [0, 0.05) is 0 Å². The lowest BCUT2D eigenvalue weighted by molar-refractivity contribution is -0.204. The number of hydrogen-bond donors (Lipinski definition) is 3. The van der Waals surface area contributed by atoms with Gasteiger partial charge in [0.2, 0.25) is 5.88 Å². The zero-order valence-corrected chi connectivity index (χ0v) is 5.30. The maximum absolute atomic E-state index is 9.89. The van der Waals surface area contributed by atoms with Crippen molar-refractivity contribution in [2.45, 2.75) is 0 Å². The van der Waals surface area contributed by atoms with E-state index in [-0.39, 0.29) is 11.6 Å². The molecule has 0 radical (unpaired) electrons. The molecule has 0 amide bonds. The van der Waals surface area contributed by atoms with Crippen molar-refractivity contribution in [1.29, 1.82) is 0 Å². The zero-order valence-electron chi connectivity index (χ0n) is 4.48. The average Bonchev–Trinajstić information content (AvgIpc) is 1.83. The molecule has 0 aliphatic carbocycles. The smallest absolute Gasteiger partial charge is 0.224 e. The van der Waals surface area contributed by atoms with Crippen LogP contribution in [0.2, 0.25) is 0 Å². The topological polar surface area (TPSA) is 92.8 Å². The Bertz CT molecular complexity index is 134. The highest BCUT2D eigenvalue weighted by molar-refractivity contribution is 7.79. The maximum Gasteiger partial charge on any atom is 0.224 e. The minimum Gasteiger partial charge on any atom is -0.367 e. The van der Waals surface area contributed by atoms with E-state index in [2.05, 4.69) is 4.89 Å². The van der Waals surface area contributed by atoms with Gasteiger partial charge in [0.05, 0.1) is 5.75 Å². The predicted molar refractivity (Wildman–Crippen MR) is 31.6 cm³/mol. The van der Waals surface area contributed by atoms with Crippen LogP contribution in [0.4, 0.5) is 0 Å². The van der Waals surface area contributed by atoms with Crippen molar-refractivity contribution in [3.05, 3.63) is 12.0 Å². The molecule has 0 aromatic heterocycles. The number of hydrogen-bond acceptors (Lipinski definition) is 4. The van der Waals surface area contributed by atoms with E-state index in [1.807, 2.05) is 0 Å². The molecule has 0 aliphatic heterocycles. The molecule has 0 fully saturated rings. The molecule has 1 unspecified atom stereocenters. The molecule has 0 aromatic rings. The third-order valence-corrected chi connectivity index (χ3v) is 0.984. The molecular weight excluding hydrogens is 146 g/mol. The molecule has 6 heteroatoms. The van der Waals surface area contributed by atoms with E-state index in [0.29, 0.717) is 0 Å². The first-order chi connectivity index (χ1) is 4.16. The largest absolute Gasteiger partial charge is 0.367 e. The van der Waals surface area contributed by atoms with Crippen molar-refractivity contribution in [3.8, 4) is 0 Å². The Labute approximate surface area is 54.3 Å². The Morgan fingerprint density at radius 3 is 2.78 bits per heavy atom. The Balaban J connectivity index is 3.56. The van der Waals surface area contributed by atoms with Crippen molar-refractivity contribution in [3.63, 3.8) is 0 Å². The quantitative estimate of drug-likeness (QED) is 0.220. The highest BCUT2D eigenvalue weighted by atomic mass is 32.2. The van der Waals surface area contributed by atoms with Crippen LogP contribution >= 0.6 is 0 Å². The predicted octanol–water partition coefficient (Wildman–Crippen LogP) is -0.502. The van der Waals surface area contributed by atoms with Crippen LogP contribution in [-0.4, -0.2) is 19.8 Å². The van der Waals surface area contributed by atoms with Crippen molar-refractivity contribution in [1.82, 2.24) is 0 Å². The number of nitrogens with two attached hydrogens (primary N) is 1. The van der Waals surface area contributed by atoms with Crippen LogP contribution in [0, 0.1) is 0 Å². The third kappa shape index (κ3) is 5.28. The average molecular weight is 153 g/mol. The van der Waals surface area contributed by atoms with Gasteiger partial charge < -0.3 is 15.2 Å². The highest BCUT2D eigenvalue weighted by Gasteiger charge is 1.90. The van der Waals surface area contributed by atoms with Crippen LogP contribution in [-0.2, 0) is 16.0 Å². The Morgan fingerprint density at radius 1 is 1.89 bits per heavy atom. The lowest BCUT2D eigenvalue weighted by Gasteiger charge is -1.91. The van der Waals surface area contributed by atoms with Gasteiger partial charge in [0.15, 0.2) is 11.1 Å². The Hall–Kier alpha value is -0.590. The molecule has 0 saturated carbocycles. The molecule has 0 aromatic carbocycles. The van der Waals surface area contributed by atoms with E-state index in [1.54, 1.807) is 0 Å². The summed E-state index contributed by atoms with van der Waals surface area (Å²) in [7, 11) is 0. The molecule has 0 saturated heterocycles. The first kappa shape index (κ1) is 8.41. The second-order valence-corrected chi connectivity index (χ2v) is 2.16. The highest BCUT2D eigenvalue weighted by Crippen LogP contribution is 1.83. The molecule has 1 atom stereocenters. The van der Waals surface area contributed by atoms with Gasteiger partial charge in [-0.25, -0.2) is 9.47 Å². The summed E-state index contributed by atoms with van der Waals surface area (Å²) in [4.78, 5) is 3.49. The fraction of sp³-hybridized carbons (Fsp3) is 0.333. The molecule has 0 aliphatic rings. The van der Waals surface area contributed by atoms with E-state index in [1.165, 1.54) is 0 Å². The summed E-state index contributed by atoms with van der Waals surface area (Å²) in [6, 6.07) is 0. The lowest BCUT2D eigenvalue weighted by Crippen LogP contribution is -2.02. The van der Waals surface area contributed by atoms with Crippen molar-refractivity contribution in [2.24, 2.45) is 5.73 Å². The molecule has 0 spiro atoms. The first-order valence-electron chi connectivity index (χ1n) is 2.01. The van der Waals surface area contributed by atoms with E-state index in [0.717, 1.165) is 6.08 Å².